The van der Waals surface area contributed by atoms with Gasteiger partial charge < -0.3 is 9.55 Å². The Balaban J connectivity index is 0.00000235. The first-order valence-electron chi connectivity index (χ1n) is 13.1. The van der Waals surface area contributed by atoms with Crippen molar-refractivity contribution < 1.29 is 20.1 Å². The number of nitrogens with zero attached hydrogens (tertiary/aromatic N) is 2. The first kappa shape index (κ1) is 22.7. The van der Waals surface area contributed by atoms with Crippen LogP contribution >= 0.6 is 0 Å². The standard InChI is InChI=1S/C36H21N2.Ir/c1-5-14-29-24(10-1)25-11-2-6-15-30(25)36(29)31-16-9-21-37-35(31)28-20-19-23(22-32(28)36)38-33-17-7-3-12-26(33)27-13-4-8-18-34(27)38;/h1-19,21-22H;/q-1;. The van der Waals surface area contributed by atoms with Gasteiger partial charge in [0.05, 0.1) is 0 Å². The normalized spacial score (nSPS) is 13.6. The largest absolute Gasteiger partial charge is 0.351 e. The van der Waals surface area contributed by atoms with Crippen molar-refractivity contribution in [2.45, 2.75) is 5.41 Å². The van der Waals surface area contributed by atoms with Crippen LogP contribution in [0, 0.1) is 6.07 Å². The summed E-state index contributed by atoms with van der Waals surface area (Å²) in [4.78, 5) is 4.92. The number of pyridine rings is 1. The molecule has 0 unspecified atom stereocenters. The first-order valence-corrected chi connectivity index (χ1v) is 13.1. The summed E-state index contributed by atoms with van der Waals surface area (Å²) >= 11 is 0. The third kappa shape index (κ3) is 2.71. The predicted molar refractivity (Wildman–Crippen MR) is 154 cm³/mol. The molecule has 3 heteroatoms. The van der Waals surface area contributed by atoms with Crippen LogP contribution in [0.15, 0.2) is 128 Å². The van der Waals surface area contributed by atoms with Crippen LogP contribution in [0.25, 0.3) is 49.9 Å². The van der Waals surface area contributed by atoms with Crippen LogP contribution in [-0.2, 0) is 25.5 Å². The van der Waals surface area contributed by atoms with Gasteiger partial charge >= 0.3 is 0 Å². The van der Waals surface area contributed by atoms with Gasteiger partial charge in [0.15, 0.2) is 0 Å². The Kier molecular flexibility index (Phi) is 4.71. The number of benzene rings is 5. The molecule has 2 aliphatic carbocycles. The van der Waals surface area contributed by atoms with Crippen molar-refractivity contribution in [2.75, 3.05) is 0 Å². The minimum absolute atomic E-state index is 0. The summed E-state index contributed by atoms with van der Waals surface area (Å²) in [6, 6.07) is 47.7. The quantitative estimate of drug-likeness (QED) is 0.160. The molecular weight excluding hydrogens is 653 g/mol. The van der Waals surface area contributed by atoms with Gasteiger partial charge in [0.1, 0.15) is 0 Å². The van der Waals surface area contributed by atoms with Gasteiger partial charge in [-0.1, -0.05) is 96.6 Å². The van der Waals surface area contributed by atoms with E-state index >= 15 is 0 Å². The molecule has 0 bridgehead atoms. The molecule has 2 nitrogen and oxygen atoms in total. The van der Waals surface area contributed by atoms with Crippen molar-refractivity contribution in [2.24, 2.45) is 0 Å². The Morgan fingerprint density at radius 2 is 1.15 bits per heavy atom. The SMILES string of the molecule is [Ir].[c-]1cc(-n2c3ccccc3c3ccccc32)cc2c1-c1ncccc1C21c2ccccc2-c2ccccc21. The number of hydrogen-bond donors (Lipinski definition) is 0. The Bertz CT molecular complexity index is 1990. The molecule has 39 heavy (non-hydrogen) atoms. The zero-order valence-electron chi connectivity index (χ0n) is 20.9. The second kappa shape index (κ2) is 8.10. The maximum Gasteiger partial charge on any atom is 0.0452 e. The average molecular weight is 674 g/mol. The molecule has 0 atom stereocenters. The zero-order valence-corrected chi connectivity index (χ0v) is 23.2. The van der Waals surface area contributed by atoms with Crippen LogP contribution in [0.3, 0.4) is 0 Å². The molecule has 2 aromatic heterocycles. The molecule has 5 aromatic carbocycles. The Labute approximate surface area is 239 Å². The monoisotopic (exact) mass is 674 g/mol. The molecule has 1 spiro atoms. The summed E-state index contributed by atoms with van der Waals surface area (Å²) in [6.07, 6.45) is 1.91. The van der Waals surface area contributed by atoms with Gasteiger partial charge in [0, 0.05) is 53.5 Å². The third-order valence-corrected chi connectivity index (χ3v) is 8.57. The van der Waals surface area contributed by atoms with Crippen LogP contribution in [0.5, 0.6) is 0 Å². The summed E-state index contributed by atoms with van der Waals surface area (Å²) in [6.45, 7) is 0. The van der Waals surface area contributed by atoms with E-state index in [9.17, 15) is 0 Å². The van der Waals surface area contributed by atoms with Gasteiger partial charge in [-0.25, -0.2) is 0 Å². The number of aromatic nitrogens is 2. The fraction of sp³-hybridized carbons (Fsp3) is 0.0278. The number of para-hydroxylation sites is 2. The van der Waals surface area contributed by atoms with Crippen LogP contribution < -0.4 is 0 Å². The third-order valence-electron chi connectivity index (χ3n) is 8.57. The Morgan fingerprint density at radius 1 is 0.590 bits per heavy atom. The molecule has 2 heterocycles. The van der Waals surface area contributed by atoms with Crippen molar-refractivity contribution in [3.8, 4) is 28.1 Å². The maximum absolute atomic E-state index is 4.92. The fourth-order valence-electron chi connectivity index (χ4n) is 7.17. The van der Waals surface area contributed by atoms with Gasteiger partial charge in [-0.3, -0.25) is 0 Å². The van der Waals surface area contributed by atoms with Crippen LogP contribution in [0.2, 0.25) is 0 Å². The smallest absolute Gasteiger partial charge is 0.0452 e. The van der Waals surface area contributed by atoms with Crippen molar-refractivity contribution in [1.29, 1.82) is 0 Å². The van der Waals surface area contributed by atoms with E-state index in [0.717, 1.165) is 16.9 Å². The minimum Gasteiger partial charge on any atom is -0.351 e. The van der Waals surface area contributed by atoms with E-state index in [-0.39, 0.29) is 20.1 Å². The van der Waals surface area contributed by atoms with E-state index in [1.807, 2.05) is 6.20 Å². The van der Waals surface area contributed by atoms with Crippen LogP contribution in [0.4, 0.5) is 0 Å². The number of hydrogen-bond acceptors (Lipinski definition) is 1. The molecule has 0 fully saturated rings. The fourth-order valence-corrected chi connectivity index (χ4v) is 7.17. The van der Waals surface area contributed by atoms with E-state index < -0.39 is 5.41 Å². The van der Waals surface area contributed by atoms with Crippen molar-refractivity contribution in [3.05, 3.63) is 156 Å². The average Bonchev–Trinajstić information content (AvgIpc) is 3.59. The maximum atomic E-state index is 4.92. The minimum atomic E-state index is -0.419. The first-order chi connectivity index (χ1) is 18.9. The molecule has 0 amide bonds. The van der Waals surface area contributed by atoms with E-state index in [1.165, 1.54) is 55.2 Å². The number of fused-ring (bicyclic) bond motifs is 13. The predicted octanol–water partition coefficient (Wildman–Crippen LogP) is 8.32. The molecule has 0 aliphatic heterocycles. The van der Waals surface area contributed by atoms with E-state index in [4.69, 9.17) is 4.98 Å². The second-order valence-electron chi connectivity index (χ2n) is 10.3. The van der Waals surface area contributed by atoms with Gasteiger partial charge in [-0.05, 0) is 51.8 Å². The van der Waals surface area contributed by atoms with Crippen LogP contribution in [0.1, 0.15) is 22.3 Å². The molecule has 7 aromatic rings. The van der Waals surface area contributed by atoms with Gasteiger partial charge in [0.2, 0.25) is 0 Å². The van der Waals surface area contributed by atoms with E-state index in [2.05, 4.69) is 132 Å². The summed E-state index contributed by atoms with van der Waals surface area (Å²) in [5.41, 5.74) is 13.0. The number of rotatable bonds is 1. The van der Waals surface area contributed by atoms with Crippen molar-refractivity contribution >= 4 is 21.8 Å². The summed E-state index contributed by atoms with van der Waals surface area (Å²) in [5.74, 6) is 0. The molecule has 185 valence electrons. The topological polar surface area (TPSA) is 17.8 Å². The molecule has 9 rings (SSSR count). The molecule has 0 N–H and O–H groups in total. The van der Waals surface area contributed by atoms with Gasteiger partial charge in [-0.2, -0.15) is 0 Å². The summed E-state index contributed by atoms with van der Waals surface area (Å²) < 4.78 is 2.39. The molecule has 0 saturated carbocycles. The molecule has 0 saturated heterocycles. The Morgan fingerprint density at radius 3 is 1.82 bits per heavy atom. The van der Waals surface area contributed by atoms with E-state index in [0.29, 0.717) is 0 Å². The summed E-state index contributed by atoms with van der Waals surface area (Å²) in [5, 5.41) is 2.53. The van der Waals surface area contributed by atoms with Crippen LogP contribution in [-0.4, -0.2) is 9.55 Å². The molecule has 2 aliphatic rings. The van der Waals surface area contributed by atoms with Gasteiger partial charge in [0.25, 0.3) is 0 Å². The van der Waals surface area contributed by atoms with Crippen molar-refractivity contribution in [1.82, 2.24) is 9.55 Å². The van der Waals surface area contributed by atoms with E-state index in [1.54, 1.807) is 0 Å². The second-order valence-corrected chi connectivity index (χ2v) is 10.3. The summed E-state index contributed by atoms with van der Waals surface area (Å²) in [7, 11) is 0. The molecular formula is C36H21IrN2-. The zero-order chi connectivity index (χ0) is 24.8. The van der Waals surface area contributed by atoms with Gasteiger partial charge in [-0.15, -0.1) is 29.3 Å². The molecule has 1 radical (unpaired) electrons. The Hall–Kier alpha value is -4.30. The van der Waals surface area contributed by atoms with Crippen molar-refractivity contribution in [3.63, 3.8) is 0 Å².